The van der Waals surface area contributed by atoms with Crippen LogP contribution in [-0.2, 0) is 14.3 Å². The van der Waals surface area contributed by atoms with Crippen LogP contribution in [0, 0.1) is 5.92 Å². The lowest BCUT2D eigenvalue weighted by molar-refractivity contribution is -0.122. The largest absolute Gasteiger partial charge is 0.484 e. The van der Waals surface area contributed by atoms with Gasteiger partial charge in [0.2, 0.25) is 5.91 Å². The molecule has 1 saturated heterocycles. The number of rotatable bonds is 6. The highest BCUT2D eigenvalue weighted by molar-refractivity contribution is 5.94. The number of benzene rings is 1. The second-order valence-electron chi connectivity index (χ2n) is 5.45. The first-order valence-corrected chi connectivity index (χ1v) is 7.68. The molecule has 0 aliphatic carbocycles. The Morgan fingerprint density at radius 2 is 1.96 bits per heavy atom. The zero-order valence-corrected chi connectivity index (χ0v) is 13.2. The van der Waals surface area contributed by atoms with Gasteiger partial charge in [0.15, 0.2) is 6.61 Å². The average molecular weight is 321 g/mol. The first-order chi connectivity index (χ1) is 11.1. The number of anilines is 1. The molecule has 1 fully saturated rings. The van der Waals surface area contributed by atoms with Crippen molar-refractivity contribution in [2.45, 2.75) is 18.9 Å². The zero-order valence-electron chi connectivity index (χ0n) is 13.2. The van der Waals surface area contributed by atoms with Crippen molar-refractivity contribution >= 4 is 17.5 Å². The fourth-order valence-electron chi connectivity index (χ4n) is 2.37. The van der Waals surface area contributed by atoms with Gasteiger partial charge in [-0.1, -0.05) is 0 Å². The minimum atomic E-state index is -0.539. The Hall–Kier alpha value is -2.12. The van der Waals surface area contributed by atoms with Crippen LogP contribution in [-0.4, -0.2) is 44.7 Å². The van der Waals surface area contributed by atoms with Crippen molar-refractivity contribution in [2.24, 2.45) is 11.7 Å². The van der Waals surface area contributed by atoms with E-state index in [9.17, 15) is 9.59 Å². The number of hydrogen-bond acceptors (Lipinski definition) is 5. The monoisotopic (exact) mass is 321 g/mol. The van der Waals surface area contributed by atoms with Crippen molar-refractivity contribution in [1.82, 2.24) is 5.32 Å². The van der Waals surface area contributed by atoms with E-state index < -0.39 is 6.04 Å². The summed E-state index contributed by atoms with van der Waals surface area (Å²) < 4.78 is 10.6. The van der Waals surface area contributed by atoms with Crippen LogP contribution >= 0.6 is 0 Å². The molecule has 0 radical (unpaired) electrons. The van der Waals surface area contributed by atoms with Crippen molar-refractivity contribution in [3.63, 3.8) is 0 Å². The molecule has 0 spiro atoms. The van der Waals surface area contributed by atoms with Crippen LogP contribution in [0.15, 0.2) is 24.3 Å². The van der Waals surface area contributed by atoms with Crippen LogP contribution in [0.2, 0.25) is 0 Å². The molecule has 1 aliphatic heterocycles. The molecule has 1 atom stereocenters. The highest BCUT2D eigenvalue weighted by Gasteiger charge is 2.26. The van der Waals surface area contributed by atoms with Crippen LogP contribution < -0.4 is 21.1 Å². The molecule has 1 aromatic carbocycles. The fraction of sp³-hybridized carbons (Fsp3) is 0.500. The summed E-state index contributed by atoms with van der Waals surface area (Å²) in [6, 6.07) is 6.28. The van der Waals surface area contributed by atoms with E-state index in [1.54, 1.807) is 31.3 Å². The molecule has 23 heavy (non-hydrogen) atoms. The fourth-order valence-corrected chi connectivity index (χ4v) is 2.37. The summed E-state index contributed by atoms with van der Waals surface area (Å²) in [6.45, 7) is 1.27. The van der Waals surface area contributed by atoms with Gasteiger partial charge in [-0.15, -0.1) is 0 Å². The van der Waals surface area contributed by atoms with E-state index in [0.29, 0.717) is 24.7 Å². The van der Waals surface area contributed by atoms with Crippen molar-refractivity contribution in [3.05, 3.63) is 24.3 Å². The summed E-state index contributed by atoms with van der Waals surface area (Å²) in [6.07, 6.45) is 1.61. The van der Waals surface area contributed by atoms with Gasteiger partial charge in [-0.25, -0.2) is 0 Å². The molecule has 1 unspecified atom stereocenters. The van der Waals surface area contributed by atoms with Gasteiger partial charge in [0.25, 0.3) is 5.91 Å². The molecular formula is C16H23N3O4. The van der Waals surface area contributed by atoms with Crippen LogP contribution in [0.4, 0.5) is 5.69 Å². The summed E-state index contributed by atoms with van der Waals surface area (Å²) in [7, 11) is 1.55. The highest BCUT2D eigenvalue weighted by Crippen LogP contribution is 2.20. The van der Waals surface area contributed by atoms with Crippen molar-refractivity contribution in [2.75, 3.05) is 32.2 Å². The molecule has 1 aliphatic rings. The zero-order chi connectivity index (χ0) is 16.7. The van der Waals surface area contributed by atoms with Crippen LogP contribution in [0.5, 0.6) is 5.75 Å². The minimum Gasteiger partial charge on any atom is -0.484 e. The Morgan fingerprint density at radius 3 is 2.57 bits per heavy atom. The number of likely N-dealkylation sites (N-methyl/N-ethyl adjacent to an activating group) is 1. The van der Waals surface area contributed by atoms with Gasteiger partial charge in [0.1, 0.15) is 5.75 Å². The van der Waals surface area contributed by atoms with Gasteiger partial charge < -0.3 is 25.8 Å². The number of ether oxygens (including phenoxy) is 2. The Bertz CT molecular complexity index is 527. The molecule has 2 amide bonds. The number of carbonyl (C=O) groups excluding carboxylic acids is 2. The third kappa shape index (κ3) is 5.22. The second kappa shape index (κ2) is 8.50. The van der Waals surface area contributed by atoms with Gasteiger partial charge in [-0.2, -0.15) is 0 Å². The first-order valence-electron chi connectivity index (χ1n) is 7.68. The van der Waals surface area contributed by atoms with E-state index in [1.165, 1.54) is 0 Å². The third-order valence-corrected chi connectivity index (χ3v) is 3.85. The maximum absolute atomic E-state index is 12.2. The Balaban J connectivity index is 1.84. The Morgan fingerprint density at radius 1 is 1.30 bits per heavy atom. The predicted molar refractivity (Wildman–Crippen MR) is 86.2 cm³/mol. The molecule has 7 nitrogen and oxygen atoms in total. The van der Waals surface area contributed by atoms with Gasteiger partial charge in [0.05, 0.1) is 6.04 Å². The molecule has 4 N–H and O–H groups in total. The van der Waals surface area contributed by atoms with Gasteiger partial charge in [0, 0.05) is 25.9 Å². The quantitative estimate of drug-likeness (QED) is 0.708. The SMILES string of the molecule is CNC(=O)COc1ccc(NC(=O)C(N)C2CCOCC2)cc1. The van der Waals surface area contributed by atoms with E-state index in [-0.39, 0.29) is 24.3 Å². The van der Waals surface area contributed by atoms with Crippen LogP contribution in [0.3, 0.4) is 0 Å². The number of nitrogens with one attached hydrogen (secondary N) is 2. The molecule has 126 valence electrons. The molecule has 0 bridgehead atoms. The smallest absolute Gasteiger partial charge is 0.257 e. The third-order valence-electron chi connectivity index (χ3n) is 3.85. The summed E-state index contributed by atoms with van der Waals surface area (Å²) >= 11 is 0. The summed E-state index contributed by atoms with van der Waals surface area (Å²) in [5.41, 5.74) is 6.67. The molecule has 1 heterocycles. The molecule has 0 aromatic heterocycles. The number of amides is 2. The molecular weight excluding hydrogens is 298 g/mol. The van der Waals surface area contributed by atoms with Crippen molar-refractivity contribution in [3.8, 4) is 5.75 Å². The maximum atomic E-state index is 12.2. The molecule has 7 heteroatoms. The van der Waals surface area contributed by atoms with Crippen LogP contribution in [0.25, 0.3) is 0 Å². The molecule has 1 aromatic rings. The summed E-state index contributed by atoms with van der Waals surface area (Å²) in [5.74, 6) is 0.306. The lowest BCUT2D eigenvalue weighted by Crippen LogP contribution is -2.43. The lowest BCUT2D eigenvalue weighted by Gasteiger charge is -2.26. The maximum Gasteiger partial charge on any atom is 0.257 e. The number of nitrogens with two attached hydrogens (primary N) is 1. The Kier molecular flexibility index (Phi) is 6.37. The van der Waals surface area contributed by atoms with E-state index in [2.05, 4.69) is 10.6 Å². The van der Waals surface area contributed by atoms with E-state index >= 15 is 0 Å². The number of carbonyl (C=O) groups is 2. The second-order valence-corrected chi connectivity index (χ2v) is 5.45. The van der Waals surface area contributed by atoms with Gasteiger partial charge >= 0.3 is 0 Å². The normalized spacial score (nSPS) is 16.4. The predicted octanol–water partition coefficient (Wildman–Crippen LogP) is 0.504. The summed E-state index contributed by atoms with van der Waals surface area (Å²) in [4.78, 5) is 23.3. The average Bonchev–Trinajstić information content (AvgIpc) is 2.60. The van der Waals surface area contributed by atoms with E-state index in [0.717, 1.165) is 12.8 Å². The standard InChI is InChI=1S/C16H23N3O4/c1-18-14(20)10-23-13-4-2-12(3-5-13)19-16(21)15(17)11-6-8-22-9-7-11/h2-5,11,15H,6-10,17H2,1H3,(H,18,20)(H,19,21). The molecule has 0 saturated carbocycles. The lowest BCUT2D eigenvalue weighted by atomic mass is 9.92. The van der Waals surface area contributed by atoms with E-state index in [1.807, 2.05) is 0 Å². The Labute approximate surface area is 135 Å². The summed E-state index contributed by atoms with van der Waals surface area (Å²) in [5, 5.41) is 5.28. The van der Waals surface area contributed by atoms with Crippen LogP contribution in [0.1, 0.15) is 12.8 Å². The van der Waals surface area contributed by atoms with Gasteiger partial charge in [-0.05, 0) is 43.0 Å². The first kappa shape index (κ1) is 17.2. The van der Waals surface area contributed by atoms with Crippen molar-refractivity contribution < 1.29 is 19.1 Å². The number of hydrogen-bond donors (Lipinski definition) is 3. The highest BCUT2D eigenvalue weighted by atomic mass is 16.5. The molecule has 2 rings (SSSR count). The van der Waals surface area contributed by atoms with Crippen molar-refractivity contribution in [1.29, 1.82) is 0 Å². The minimum absolute atomic E-state index is 0.0448. The van der Waals surface area contributed by atoms with E-state index in [4.69, 9.17) is 15.2 Å². The van der Waals surface area contributed by atoms with Gasteiger partial charge in [-0.3, -0.25) is 9.59 Å². The topological polar surface area (TPSA) is 103 Å².